The third-order valence-corrected chi connectivity index (χ3v) is 3.88. The molecule has 0 radical (unpaired) electrons. The Morgan fingerprint density at radius 3 is 2.74 bits per heavy atom. The lowest BCUT2D eigenvalue weighted by Gasteiger charge is -2.09. The zero-order valence-corrected chi connectivity index (χ0v) is 11.7. The Balaban J connectivity index is 2.24. The molecule has 0 spiro atoms. The van der Waals surface area contributed by atoms with Gasteiger partial charge in [-0.25, -0.2) is 4.98 Å². The molecule has 1 heterocycles. The van der Waals surface area contributed by atoms with Crippen LogP contribution in [0.5, 0.6) is 0 Å². The molecular weight excluding hydrogens is 260 g/mol. The number of aliphatic hydroxyl groups excluding tert-OH is 1. The van der Waals surface area contributed by atoms with E-state index in [0.29, 0.717) is 10.6 Å². The van der Waals surface area contributed by atoms with Crippen molar-refractivity contribution >= 4 is 17.2 Å². The molecular formula is C14H16N2O2S. The van der Waals surface area contributed by atoms with Gasteiger partial charge in [-0.3, -0.25) is 4.79 Å². The number of aryl methyl sites for hydroxylation is 1. The summed E-state index contributed by atoms with van der Waals surface area (Å²) in [5, 5.41) is 12.5. The van der Waals surface area contributed by atoms with E-state index in [-0.39, 0.29) is 18.6 Å². The lowest BCUT2D eigenvalue weighted by molar-refractivity contribution is 0.0925. The first-order valence-electron chi connectivity index (χ1n) is 6.06. The molecule has 2 aromatic rings. The van der Waals surface area contributed by atoms with E-state index in [1.54, 1.807) is 6.92 Å². The monoisotopic (exact) mass is 276 g/mol. The zero-order chi connectivity index (χ0) is 13.8. The Labute approximate surface area is 116 Å². The summed E-state index contributed by atoms with van der Waals surface area (Å²) in [6, 6.07) is 9.51. The Hall–Kier alpha value is -1.72. The minimum atomic E-state index is -0.255. The molecule has 0 unspecified atom stereocenters. The molecule has 2 N–H and O–H groups in total. The number of carbonyl (C=O) groups is 1. The number of aliphatic hydroxyl groups is 1. The van der Waals surface area contributed by atoms with Crippen molar-refractivity contribution in [1.82, 2.24) is 10.3 Å². The average molecular weight is 276 g/mol. The summed E-state index contributed by atoms with van der Waals surface area (Å²) >= 11 is 1.37. The minimum absolute atomic E-state index is 0.0743. The fraction of sp³-hybridized carbons (Fsp3) is 0.286. The van der Waals surface area contributed by atoms with Gasteiger partial charge < -0.3 is 10.4 Å². The summed E-state index contributed by atoms with van der Waals surface area (Å²) in [5.74, 6) is -0.182. The number of nitrogens with one attached hydrogen (secondary N) is 1. The zero-order valence-electron chi connectivity index (χ0n) is 10.9. The van der Waals surface area contributed by atoms with Crippen LogP contribution in [0.2, 0.25) is 0 Å². The molecule has 100 valence electrons. The van der Waals surface area contributed by atoms with Gasteiger partial charge in [-0.05, 0) is 13.8 Å². The van der Waals surface area contributed by atoms with E-state index in [0.717, 1.165) is 10.6 Å². The van der Waals surface area contributed by atoms with Crippen LogP contribution in [-0.4, -0.2) is 28.6 Å². The number of aromatic nitrogens is 1. The third-order valence-electron chi connectivity index (χ3n) is 2.67. The molecule has 1 aromatic carbocycles. The molecule has 5 heteroatoms. The second-order valence-electron chi connectivity index (χ2n) is 4.36. The second-order valence-corrected chi connectivity index (χ2v) is 5.36. The summed E-state index contributed by atoms with van der Waals surface area (Å²) in [5.41, 5.74) is 1.72. The number of nitrogens with zero attached hydrogens (tertiary/aromatic N) is 1. The molecule has 0 bridgehead atoms. The highest BCUT2D eigenvalue weighted by molar-refractivity contribution is 7.17. The first-order valence-corrected chi connectivity index (χ1v) is 6.88. The first kappa shape index (κ1) is 13.7. The second kappa shape index (κ2) is 5.95. The quantitative estimate of drug-likeness (QED) is 0.900. The molecule has 0 aliphatic carbocycles. The fourth-order valence-electron chi connectivity index (χ4n) is 1.65. The van der Waals surface area contributed by atoms with Gasteiger partial charge in [0.1, 0.15) is 9.88 Å². The van der Waals surface area contributed by atoms with Gasteiger partial charge >= 0.3 is 0 Å². The van der Waals surface area contributed by atoms with Crippen molar-refractivity contribution in [3.8, 4) is 10.6 Å². The fourth-order valence-corrected chi connectivity index (χ4v) is 2.62. The number of thiazole rings is 1. The lowest BCUT2D eigenvalue weighted by atomic mass is 10.2. The molecule has 0 fully saturated rings. The molecule has 0 aliphatic rings. The predicted octanol–water partition coefficient (Wildman–Crippen LogP) is 2.23. The normalized spacial score (nSPS) is 12.2. The Kier molecular flexibility index (Phi) is 4.29. The average Bonchev–Trinajstić information content (AvgIpc) is 2.81. The van der Waals surface area contributed by atoms with Gasteiger partial charge in [-0.1, -0.05) is 30.3 Å². The van der Waals surface area contributed by atoms with E-state index in [1.807, 2.05) is 37.3 Å². The van der Waals surface area contributed by atoms with Gasteiger partial charge in [-0.2, -0.15) is 0 Å². The molecule has 0 saturated heterocycles. The van der Waals surface area contributed by atoms with Crippen molar-refractivity contribution in [2.75, 3.05) is 6.61 Å². The topological polar surface area (TPSA) is 62.2 Å². The highest BCUT2D eigenvalue weighted by atomic mass is 32.1. The van der Waals surface area contributed by atoms with Crippen LogP contribution in [0, 0.1) is 6.92 Å². The van der Waals surface area contributed by atoms with Gasteiger partial charge in [0.15, 0.2) is 0 Å². The van der Waals surface area contributed by atoms with Crippen molar-refractivity contribution in [3.63, 3.8) is 0 Å². The van der Waals surface area contributed by atoms with Crippen LogP contribution in [-0.2, 0) is 0 Å². The Morgan fingerprint density at radius 2 is 2.11 bits per heavy atom. The van der Waals surface area contributed by atoms with Crippen molar-refractivity contribution in [2.45, 2.75) is 19.9 Å². The summed E-state index contributed by atoms with van der Waals surface area (Å²) in [4.78, 5) is 17.1. The number of hydrogen-bond donors (Lipinski definition) is 2. The van der Waals surface area contributed by atoms with Crippen molar-refractivity contribution in [2.24, 2.45) is 0 Å². The summed E-state index contributed by atoms with van der Waals surface area (Å²) in [7, 11) is 0. The highest BCUT2D eigenvalue weighted by Crippen LogP contribution is 2.27. The maximum Gasteiger partial charge on any atom is 0.263 e. The minimum Gasteiger partial charge on any atom is -0.394 e. The lowest BCUT2D eigenvalue weighted by Crippen LogP contribution is -2.34. The van der Waals surface area contributed by atoms with Crippen LogP contribution in [0.1, 0.15) is 22.3 Å². The van der Waals surface area contributed by atoms with Crippen LogP contribution < -0.4 is 5.32 Å². The number of amides is 1. The van der Waals surface area contributed by atoms with Crippen LogP contribution in [0.15, 0.2) is 30.3 Å². The van der Waals surface area contributed by atoms with Crippen molar-refractivity contribution < 1.29 is 9.90 Å². The molecule has 1 aromatic heterocycles. The highest BCUT2D eigenvalue weighted by Gasteiger charge is 2.17. The standard InChI is InChI=1S/C14H16N2O2S/c1-9(8-17)15-13(18)12-10(2)16-14(19-12)11-6-4-3-5-7-11/h3-7,9,17H,8H2,1-2H3,(H,15,18)/t9-/m0/s1. The van der Waals surface area contributed by atoms with Gasteiger partial charge in [-0.15, -0.1) is 11.3 Å². The smallest absolute Gasteiger partial charge is 0.263 e. The third kappa shape index (κ3) is 3.19. The Morgan fingerprint density at radius 1 is 1.42 bits per heavy atom. The molecule has 19 heavy (non-hydrogen) atoms. The van der Waals surface area contributed by atoms with E-state index >= 15 is 0 Å². The SMILES string of the molecule is Cc1nc(-c2ccccc2)sc1C(=O)N[C@@H](C)CO. The summed E-state index contributed by atoms with van der Waals surface area (Å²) < 4.78 is 0. The molecule has 0 saturated carbocycles. The number of benzene rings is 1. The number of rotatable bonds is 4. The number of hydrogen-bond acceptors (Lipinski definition) is 4. The van der Waals surface area contributed by atoms with E-state index in [9.17, 15) is 4.79 Å². The van der Waals surface area contributed by atoms with Crippen LogP contribution in [0.4, 0.5) is 0 Å². The molecule has 4 nitrogen and oxygen atoms in total. The molecule has 2 rings (SSSR count). The predicted molar refractivity (Wildman–Crippen MR) is 76.3 cm³/mol. The van der Waals surface area contributed by atoms with E-state index in [1.165, 1.54) is 11.3 Å². The van der Waals surface area contributed by atoms with Crippen molar-refractivity contribution in [1.29, 1.82) is 0 Å². The van der Waals surface area contributed by atoms with E-state index in [4.69, 9.17) is 5.11 Å². The van der Waals surface area contributed by atoms with E-state index in [2.05, 4.69) is 10.3 Å². The largest absolute Gasteiger partial charge is 0.394 e. The van der Waals surface area contributed by atoms with Crippen LogP contribution in [0.25, 0.3) is 10.6 Å². The van der Waals surface area contributed by atoms with Crippen molar-refractivity contribution in [3.05, 3.63) is 40.9 Å². The van der Waals surface area contributed by atoms with Crippen LogP contribution >= 0.6 is 11.3 Å². The summed E-state index contributed by atoms with van der Waals surface area (Å²) in [6.07, 6.45) is 0. The molecule has 1 atom stereocenters. The van der Waals surface area contributed by atoms with Crippen LogP contribution in [0.3, 0.4) is 0 Å². The van der Waals surface area contributed by atoms with Gasteiger partial charge in [0, 0.05) is 11.6 Å². The molecule has 1 amide bonds. The summed E-state index contributed by atoms with van der Waals surface area (Å²) in [6.45, 7) is 3.50. The van der Waals surface area contributed by atoms with Gasteiger partial charge in [0.05, 0.1) is 12.3 Å². The number of carbonyl (C=O) groups excluding carboxylic acids is 1. The Bertz CT molecular complexity index is 566. The molecule has 0 aliphatic heterocycles. The maximum atomic E-state index is 12.0. The van der Waals surface area contributed by atoms with E-state index < -0.39 is 0 Å². The van der Waals surface area contributed by atoms with Gasteiger partial charge in [0.25, 0.3) is 5.91 Å². The van der Waals surface area contributed by atoms with Gasteiger partial charge in [0.2, 0.25) is 0 Å². The maximum absolute atomic E-state index is 12.0. The first-order chi connectivity index (χ1) is 9.11.